The maximum Gasteiger partial charge on any atom is 0.317 e. The fourth-order valence-corrected chi connectivity index (χ4v) is 1.86. The number of rotatable bonds is 3. The van der Waals surface area contributed by atoms with Gasteiger partial charge in [0.15, 0.2) is 0 Å². The predicted molar refractivity (Wildman–Crippen MR) is 60.7 cm³/mol. The van der Waals surface area contributed by atoms with Crippen molar-refractivity contribution in [1.82, 2.24) is 15.1 Å². The Balaban J connectivity index is 2.30. The zero-order chi connectivity index (χ0) is 11.3. The van der Waals surface area contributed by atoms with Crippen LogP contribution in [0.1, 0.15) is 12.8 Å². The lowest BCUT2D eigenvalue weighted by Gasteiger charge is -2.31. The van der Waals surface area contributed by atoms with Crippen molar-refractivity contribution < 1.29 is 4.79 Å². The Kier molecular flexibility index (Phi) is 4.84. The second-order valence-electron chi connectivity index (χ2n) is 4.26. The predicted octanol–water partition coefficient (Wildman–Crippen LogP) is -0.319. The van der Waals surface area contributed by atoms with Gasteiger partial charge in [-0.25, -0.2) is 4.79 Å². The van der Waals surface area contributed by atoms with Crippen molar-refractivity contribution in [1.29, 1.82) is 0 Å². The number of nitrogens with one attached hydrogen (secondary N) is 1. The van der Waals surface area contributed by atoms with Gasteiger partial charge in [0, 0.05) is 32.7 Å². The average molecular weight is 214 g/mol. The molecule has 15 heavy (non-hydrogen) atoms. The number of hydrogen-bond donors (Lipinski definition) is 2. The highest BCUT2D eigenvalue weighted by molar-refractivity contribution is 5.74. The molecule has 0 aliphatic carbocycles. The minimum atomic E-state index is -0.0132. The molecule has 1 saturated heterocycles. The summed E-state index contributed by atoms with van der Waals surface area (Å²) in [6, 6.07) is 0.275. The number of nitrogens with two attached hydrogens (primary N) is 1. The van der Waals surface area contributed by atoms with Crippen molar-refractivity contribution in [3.63, 3.8) is 0 Å². The summed E-state index contributed by atoms with van der Waals surface area (Å²) in [6.07, 6.45) is 2.23. The third-order valence-electron chi connectivity index (χ3n) is 2.76. The second kappa shape index (κ2) is 5.92. The summed E-state index contributed by atoms with van der Waals surface area (Å²) in [5, 5.41) is 3.02. The van der Waals surface area contributed by atoms with Crippen LogP contribution in [-0.2, 0) is 0 Å². The molecule has 0 aromatic heterocycles. The van der Waals surface area contributed by atoms with E-state index in [1.165, 1.54) is 0 Å². The molecule has 0 bridgehead atoms. The lowest BCUT2D eigenvalue weighted by atomic mass is 10.1. The van der Waals surface area contributed by atoms with Crippen LogP contribution in [0.2, 0.25) is 0 Å². The van der Waals surface area contributed by atoms with Gasteiger partial charge in [0.2, 0.25) is 0 Å². The van der Waals surface area contributed by atoms with Gasteiger partial charge in [-0.15, -0.1) is 0 Å². The molecule has 3 N–H and O–H groups in total. The molecule has 1 aliphatic heterocycles. The smallest absolute Gasteiger partial charge is 0.317 e. The van der Waals surface area contributed by atoms with Crippen LogP contribution in [0.5, 0.6) is 0 Å². The minimum Gasteiger partial charge on any atom is -0.334 e. The van der Waals surface area contributed by atoms with E-state index in [1.54, 1.807) is 11.9 Å². The molecule has 1 atom stereocenters. The van der Waals surface area contributed by atoms with Gasteiger partial charge in [0.1, 0.15) is 0 Å². The molecule has 1 heterocycles. The lowest BCUT2D eigenvalue weighted by molar-refractivity contribution is 0.187. The molecule has 88 valence electrons. The summed E-state index contributed by atoms with van der Waals surface area (Å²) < 4.78 is 0. The molecule has 0 aromatic rings. The molecule has 1 fully saturated rings. The zero-order valence-corrected chi connectivity index (χ0v) is 9.70. The molecule has 0 saturated carbocycles. The van der Waals surface area contributed by atoms with Crippen LogP contribution >= 0.6 is 0 Å². The molecule has 2 amide bonds. The first kappa shape index (κ1) is 12.3. The number of nitrogens with zero attached hydrogens (tertiary/aromatic N) is 2. The van der Waals surface area contributed by atoms with E-state index in [-0.39, 0.29) is 12.1 Å². The van der Waals surface area contributed by atoms with E-state index in [9.17, 15) is 4.79 Å². The van der Waals surface area contributed by atoms with Crippen molar-refractivity contribution in [2.45, 2.75) is 18.9 Å². The Labute approximate surface area is 91.6 Å². The minimum absolute atomic E-state index is 0.0132. The van der Waals surface area contributed by atoms with Crippen LogP contribution in [0.25, 0.3) is 0 Å². The number of amides is 2. The highest BCUT2D eigenvalue weighted by Gasteiger charge is 2.19. The van der Waals surface area contributed by atoms with Gasteiger partial charge in [-0.1, -0.05) is 0 Å². The number of likely N-dealkylation sites (tertiary alicyclic amines) is 1. The van der Waals surface area contributed by atoms with Gasteiger partial charge < -0.3 is 20.9 Å². The molecule has 0 aromatic carbocycles. The molecule has 5 heteroatoms. The Morgan fingerprint density at radius 2 is 2.40 bits per heavy atom. The number of carbonyl (C=O) groups excluding carboxylic acids is 1. The van der Waals surface area contributed by atoms with Crippen LogP contribution in [-0.4, -0.2) is 62.1 Å². The van der Waals surface area contributed by atoms with Gasteiger partial charge in [-0.2, -0.15) is 0 Å². The molecule has 0 radical (unpaired) electrons. The normalized spacial score (nSPS) is 22.5. The maximum absolute atomic E-state index is 11.6. The van der Waals surface area contributed by atoms with Crippen molar-refractivity contribution in [2.24, 2.45) is 5.73 Å². The van der Waals surface area contributed by atoms with Crippen LogP contribution in [0, 0.1) is 0 Å². The third-order valence-corrected chi connectivity index (χ3v) is 2.76. The number of carbonyl (C=O) groups is 1. The Hall–Kier alpha value is -0.810. The quantitative estimate of drug-likeness (QED) is 0.677. The van der Waals surface area contributed by atoms with Crippen molar-refractivity contribution in [3.05, 3.63) is 0 Å². The first-order chi connectivity index (χ1) is 7.13. The Morgan fingerprint density at radius 3 is 3.00 bits per heavy atom. The van der Waals surface area contributed by atoms with Gasteiger partial charge in [-0.05, 0) is 26.4 Å². The van der Waals surface area contributed by atoms with E-state index in [2.05, 4.69) is 17.3 Å². The summed E-state index contributed by atoms with van der Waals surface area (Å²) in [6.45, 7) is 3.19. The monoisotopic (exact) mass is 214 g/mol. The van der Waals surface area contributed by atoms with Gasteiger partial charge in [0.25, 0.3) is 0 Å². The van der Waals surface area contributed by atoms with Gasteiger partial charge in [0.05, 0.1) is 0 Å². The summed E-state index contributed by atoms with van der Waals surface area (Å²) in [4.78, 5) is 15.5. The van der Waals surface area contributed by atoms with E-state index < -0.39 is 0 Å². The number of likely N-dealkylation sites (N-methyl/N-ethyl adjacent to an activating group) is 2. The lowest BCUT2D eigenvalue weighted by Crippen LogP contribution is -2.50. The van der Waals surface area contributed by atoms with E-state index >= 15 is 0 Å². The fourth-order valence-electron chi connectivity index (χ4n) is 1.86. The average Bonchev–Trinajstić information content (AvgIpc) is 2.18. The molecule has 1 rings (SSSR count). The molecule has 0 spiro atoms. The molecular weight excluding hydrogens is 192 g/mol. The van der Waals surface area contributed by atoms with E-state index in [4.69, 9.17) is 5.73 Å². The number of hydrogen-bond acceptors (Lipinski definition) is 3. The van der Waals surface area contributed by atoms with Gasteiger partial charge >= 0.3 is 6.03 Å². The Bertz CT molecular complexity index is 210. The fraction of sp³-hybridized carbons (Fsp3) is 0.900. The van der Waals surface area contributed by atoms with E-state index in [1.807, 2.05) is 0 Å². The molecular formula is C10H22N4O. The summed E-state index contributed by atoms with van der Waals surface area (Å²) >= 11 is 0. The molecule has 5 nitrogen and oxygen atoms in total. The van der Waals surface area contributed by atoms with E-state index in [0.717, 1.165) is 25.9 Å². The van der Waals surface area contributed by atoms with Crippen molar-refractivity contribution >= 4 is 6.03 Å². The summed E-state index contributed by atoms with van der Waals surface area (Å²) in [7, 11) is 3.86. The highest BCUT2D eigenvalue weighted by Crippen LogP contribution is 2.07. The van der Waals surface area contributed by atoms with Crippen LogP contribution < -0.4 is 11.1 Å². The zero-order valence-electron chi connectivity index (χ0n) is 9.70. The van der Waals surface area contributed by atoms with Crippen LogP contribution in [0.3, 0.4) is 0 Å². The van der Waals surface area contributed by atoms with Crippen molar-refractivity contribution in [2.75, 3.05) is 40.3 Å². The standard InChI is InChI=1S/C10H22N4O/c1-13-6-3-4-9(8-13)12-10(15)14(2)7-5-11/h9H,3-8,11H2,1-2H3,(H,12,15). The highest BCUT2D eigenvalue weighted by atomic mass is 16.2. The SMILES string of the molecule is CN1CCCC(NC(=O)N(C)CCN)C1. The largest absolute Gasteiger partial charge is 0.334 e. The van der Waals surface area contributed by atoms with Crippen molar-refractivity contribution in [3.8, 4) is 0 Å². The molecule has 1 aliphatic rings. The first-order valence-corrected chi connectivity index (χ1v) is 5.53. The number of urea groups is 1. The maximum atomic E-state index is 11.6. The first-order valence-electron chi connectivity index (χ1n) is 5.53. The topological polar surface area (TPSA) is 61.6 Å². The second-order valence-corrected chi connectivity index (χ2v) is 4.26. The number of piperidine rings is 1. The van der Waals surface area contributed by atoms with Crippen LogP contribution in [0.4, 0.5) is 4.79 Å². The van der Waals surface area contributed by atoms with E-state index in [0.29, 0.717) is 13.1 Å². The summed E-state index contributed by atoms with van der Waals surface area (Å²) in [5.74, 6) is 0. The molecule has 1 unspecified atom stereocenters. The van der Waals surface area contributed by atoms with Gasteiger partial charge in [-0.3, -0.25) is 0 Å². The summed E-state index contributed by atoms with van der Waals surface area (Å²) in [5.41, 5.74) is 5.39. The Morgan fingerprint density at radius 1 is 1.67 bits per heavy atom. The third kappa shape index (κ3) is 4.05. The van der Waals surface area contributed by atoms with Crippen LogP contribution in [0.15, 0.2) is 0 Å².